The highest BCUT2D eigenvalue weighted by molar-refractivity contribution is 7.99. The van der Waals surface area contributed by atoms with Gasteiger partial charge in [0.2, 0.25) is 5.91 Å². The van der Waals surface area contributed by atoms with Crippen molar-refractivity contribution in [2.45, 2.75) is 37.4 Å². The van der Waals surface area contributed by atoms with Gasteiger partial charge >= 0.3 is 0 Å². The number of thioether (sulfide) groups is 1. The molecule has 1 atom stereocenters. The first-order valence-corrected chi connectivity index (χ1v) is 10.9. The van der Waals surface area contributed by atoms with Crippen molar-refractivity contribution in [1.29, 1.82) is 0 Å². The lowest BCUT2D eigenvalue weighted by atomic mass is 10.0. The van der Waals surface area contributed by atoms with Crippen LogP contribution in [0, 0.1) is 5.82 Å². The molecule has 1 aliphatic heterocycles. The van der Waals surface area contributed by atoms with E-state index in [1.807, 2.05) is 9.47 Å². The molecule has 4 rings (SSSR count). The van der Waals surface area contributed by atoms with Crippen molar-refractivity contribution >= 4 is 17.7 Å². The van der Waals surface area contributed by atoms with E-state index in [0.29, 0.717) is 16.7 Å². The number of aromatic nitrogens is 3. The van der Waals surface area contributed by atoms with Gasteiger partial charge in [0.1, 0.15) is 11.6 Å². The quantitative estimate of drug-likeness (QED) is 0.617. The Kier molecular flexibility index (Phi) is 6.03. The predicted molar refractivity (Wildman–Crippen MR) is 114 cm³/mol. The lowest BCUT2D eigenvalue weighted by Gasteiger charge is -2.33. The van der Waals surface area contributed by atoms with Gasteiger partial charge in [0, 0.05) is 23.8 Å². The fourth-order valence-corrected chi connectivity index (χ4v) is 4.50. The van der Waals surface area contributed by atoms with Crippen molar-refractivity contribution in [2.75, 3.05) is 12.3 Å². The highest BCUT2D eigenvalue weighted by Crippen LogP contribution is 2.29. The van der Waals surface area contributed by atoms with E-state index in [-0.39, 0.29) is 29.3 Å². The zero-order chi connectivity index (χ0) is 21.1. The van der Waals surface area contributed by atoms with E-state index < -0.39 is 0 Å². The second-order valence-corrected chi connectivity index (χ2v) is 8.33. The van der Waals surface area contributed by atoms with E-state index in [4.69, 9.17) is 0 Å². The number of benzene rings is 2. The Bertz CT molecular complexity index is 1020. The first-order chi connectivity index (χ1) is 14.5. The second kappa shape index (κ2) is 8.87. The predicted octanol–water partition coefficient (Wildman–Crippen LogP) is 4.27. The number of hydrogen-bond donors (Lipinski definition) is 1. The monoisotopic (exact) mass is 426 g/mol. The Balaban J connectivity index is 1.63. The molecule has 30 heavy (non-hydrogen) atoms. The molecule has 1 fully saturated rings. The van der Waals surface area contributed by atoms with Gasteiger partial charge in [-0.05, 0) is 74.7 Å². The van der Waals surface area contributed by atoms with E-state index in [2.05, 4.69) is 17.1 Å². The van der Waals surface area contributed by atoms with Crippen LogP contribution in [-0.4, -0.2) is 49.0 Å². The number of aromatic hydroxyl groups is 1. The molecule has 0 aliphatic carbocycles. The number of piperidine rings is 1. The molecule has 0 unspecified atom stereocenters. The first kappa shape index (κ1) is 20.4. The normalized spacial score (nSPS) is 16.6. The Morgan fingerprint density at radius 2 is 1.87 bits per heavy atom. The molecule has 0 bridgehead atoms. The maximum Gasteiger partial charge on any atom is 0.233 e. The molecule has 0 saturated carbocycles. The number of hydrogen-bond acceptors (Lipinski definition) is 5. The molecule has 1 aliphatic rings. The van der Waals surface area contributed by atoms with Crippen LogP contribution in [0.4, 0.5) is 4.39 Å². The lowest BCUT2D eigenvalue weighted by molar-refractivity contribution is -0.131. The molecule has 1 aromatic heterocycles. The highest BCUT2D eigenvalue weighted by atomic mass is 32.2. The highest BCUT2D eigenvalue weighted by Gasteiger charge is 2.24. The van der Waals surface area contributed by atoms with Crippen LogP contribution in [0.3, 0.4) is 0 Å². The summed E-state index contributed by atoms with van der Waals surface area (Å²) in [5.41, 5.74) is 1.46. The van der Waals surface area contributed by atoms with Crippen molar-refractivity contribution in [2.24, 2.45) is 0 Å². The molecule has 8 heteroatoms. The van der Waals surface area contributed by atoms with Gasteiger partial charge in [-0.25, -0.2) is 4.39 Å². The van der Waals surface area contributed by atoms with Crippen LogP contribution in [0.5, 0.6) is 5.75 Å². The Morgan fingerprint density at radius 3 is 2.57 bits per heavy atom. The van der Waals surface area contributed by atoms with Crippen LogP contribution in [0.25, 0.3) is 17.1 Å². The largest absolute Gasteiger partial charge is 0.508 e. The molecule has 0 radical (unpaired) electrons. The zero-order valence-electron chi connectivity index (χ0n) is 16.7. The third-order valence-electron chi connectivity index (χ3n) is 5.29. The number of likely N-dealkylation sites (tertiary alicyclic amines) is 1. The van der Waals surface area contributed by atoms with Crippen LogP contribution in [0.2, 0.25) is 0 Å². The molecule has 1 N–H and O–H groups in total. The van der Waals surface area contributed by atoms with Crippen LogP contribution < -0.4 is 0 Å². The van der Waals surface area contributed by atoms with E-state index >= 15 is 0 Å². The molecule has 2 heterocycles. The Labute approximate surface area is 178 Å². The minimum Gasteiger partial charge on any atom is -0.508 e. The molecule has 2 aromatic carbocycles. The van der Waals surface area contributed by atoms with Gasteiger partial charge in [0.25, 0.3) is 0 Å². The first-order valence-electron chi connectivity index (χ1n) is 9.96. The van der Waals surface area contributed by atoms with Crippen molar-refractivity contribution < 1.29 is 14.3 Å². The van der Waals surface area contributed by atoms with Gasteiger partial charge in [0.05, 0.1) is 5.75 Å². The standard InChI is InChI=1S/C22H23FN4O2S/c1-15-4-2-3-13-26(15)20(29)14-30-22-25-24-21(16-5-11-19(28)12-6-16)27(22)18-9-7-17(23)8-10-18/h5-12,15,28H,2-4,13-14H2,1H3/t15-/m1/s1. The third-order valence-corrected chi connectivity index (χ3v) is 6.21. The smallest absolute Gasteiger partial charge is 0.233 e. The zero-order valence-corrected chi connectivity index (χ0v) is 17.5. The number of carbonyl (C=O) groups excluding carboxylic acids is 1. The number of rotatable bonds is 5. The molecule has 1 amide bonds. The molecule has 156 valence electrons. The summed E-state index contributed by atoms with van der Waals surface area (Å²) in [5, 5.41) is 18.8. The minimum absolute atomic E-state index is 0.0899. The lowest BCUT2D eigenvalue weighted by Crippen LogP contribution is -2.42. The summed E-state index contributed by atoms with van der Waals surface area (Å²) in [4.78, 5) is 14.7. The molecule has 1 saturated heterocycles. The Morgan fingerprint density at radius 1 is 1.13 bits per heavy atom. The van der Waals surface area contributed by atoms with Crippen molar-refractivity contribution in [3.63, 3.8) is 0 Å². The van der Waals surface area contributed by atoms with Crippen LogP contribution in [0.15, 0.2) is 53.7 Å². The maximum atomic E-state index is 13.5. The summed E-state index contributed by atoms with van der Waals surface area (Å²) in [6.45, 7) is 2.88. The second-order valence-electron chi connectivity index (χ2n) is 7.39. The fourth-order valence-electron chi connectivity index (χ4n) is 3.66. The summed E-state index contributed by atoms with van der Waals surface area (Å²) in [6.07, 6.45) is 3.23. The van der Waals surface area contributed by atoms with Crippen molar-refractivity contribution in [3.05, 3.63) is 54.3 Å². The van der Waals surface area contributed by atoms with Crippen LogP contribution >= 0.6 is 11.8 Å². The maximum absolute atomic E-state index is 13.5. The van der Waals surface area contributed by atoms with Gasteiger partial charge in [0.15, 0.2) is 11.0 Å². The molecule has 3 aromatic rings. The summed E-state index contributed by atoms with van der Waals surface area (Å²) in [6, 6.07) is 13.0. The summed E-state index contributed by atoms with van der Waals surface area (Å²) < 4.78 is 15.3. The van der Waals surface area contributed by atoms with Gasteiger partial charge in [-0.1, -0.05) is 11.8 Å². The number of amides is 1. The van der Waals surface area contributed by atoms with Gasteiger partial charge < -0.3 is 10.0 Å². The summed E-state index contributed by atoms with van der Waals surface area (Å²) in [5.74, 6) is 0.734. The number of phenols is 1. The van der Waals surface area contributed by atoms with E-state index in [0.717, 1.165) is 31.4 Å². The average molecular weight is 427 g/mol. The van der Waals surface area contributed by atoms with Crippen molar-refractivity contribution in [1.82, 2.24) is 19.7 Å². The minimum atomic E-state index is -0.332. The number of nitrogens with zero attached hydrogens (tertiary/aromatic N) is 4. The van der Waals surface area contributed by atoms with Crippen LogP contribution in [0.1, 0.15) is 26.2 Å². The average Bonchev–Trinajstić information content (AvgIpc) is 3.17. The van der Waals surface area contributed by atoms with E-state index in [1.165, 1.54) is 23.9 Å². The van der Waals surface area contributed by atoms with Gasteiger partial charge in [-0.2, -0.15) is 0 Å². The summed E-state index contributed by atoms with van der Waals surface area (Å²) >= 11 is 1.32. The molecular weight excluding hydrogens is 403 g/mol. The number of halogens is 1. The van der Waals surface area contributed by atoms with Crippen molar-refractivity contribution in [3.8, 4) is 22.8 Å². The number of carbonyl (C=O) groups is 1. The number of phenolic OH excluding ortho intramolecular Hbond substituents is 1. The topological polar surface area (TPSA) is 71.2 Å². The SMILES string of the molecule is C[C@@H]1CCCCN1C(=O)CSc1nnc(-c2ccc(O)cc2)n1-c1ccc(F)cc1. The van der Waals surface area contributed by atoms with E-state index in [9.17, 15) is 14.3 Å². The van der Waals surface area contributed by atoms with Gasteiger partial charge in [-0.15, -0.1) is 10.2 Å². The molecular formula is C22H23FN4O2S. The van der Waals surface area contributed by atoms with Gasteiger partial charge in [-0.3, -0.25) is 9.36 Å². The van der Waals surface area contributed by atoms with Crippen LogP contribution in [-0.2, 0) is 4.79 Å². The third kappa shape index (κ3) is 4.33. The Hall–Kier alpha value is -2.87. The van der Waals surface area contributed by atoms with E-state index in [1.54, 1.807) is 36.4 Å². The molecule has 0 spiro atoms. The molecule has 6 nitrogen and oxygen atoms in total. The summed E-state index contributed by atoms with van der Waals surface area (Å²) in [7, 11) is 0. The fraction of sp³-hybridized carbons (Fsp3) is 0.318.